The minimum Gasteiger partial charge on any atom is -0.307 e. The number of ketones is 2. The number of benzene rings is 1. The lowest BCUT2D eigenvalue weighted by Crippen LogP contribution is -2.69. The van der Waals surface area contributed by atoms with Gasteiger partial charge in [0.25, 0.3) is 0 Å². The topological polar surface area (TPSA) is 50.5 Å². The van der Waals surface area contributed by atoms with Gasteiger partial charge in [-0.2, -0.15) is 0 Å². The van der Waals surface area contributed by atoms with E-state index in [0.29, 0.717) is 0 Å². The Labute approximate surface area is 247 Å². The molecular formula is C37H48N2O2. The molecule has 3 saturated carbocycles. The van der Waals surface area contributed by atoms with Crippen molar-refractivity contribution in [1.82, 2.24) is 5.32 Å². The normalized spacial score (nSPS) is 42.4. The van der Waals surface area contributed by atoms with Gasteiger partial charge in [-0.25, -0.2) is 4.85 Å². The highest BCUT2D eigenvalue weighted by atomic mass is 16.1. The summed E-state index contributed by atoms with van der Waals surface area (Å²) in [4.78, 5) is 31.7. The Morgan fingerprint density at radius 2 is 1.61 bits per heavy atom. The van der Waals surface area contributed by atoms with E-state index >= 15 is 0 Å². The van der Waals surface area contributed by atoms with E-state index in [1.165, 1.54) is 17.6 Å². The van der Waals surface area contributed by atoms with Gasteiger partial charge in [-0.3, -0.25) is 4.79 Å². The number of fused-ring (bicyclic) bond motifs is 7. The molecule has 0 aromatic heterocycles. The fourth-order valence-electron chi connectivity index (χ4n) is 10.8. The highest BCUT2D eigenvalue weighted by Gasteiger charge is 2.69. The van der Waals surface area contributed by atoms with E-state index < -0.39 is 10.8 Å². The molecule has 4 heteroatoms. The summed E-state index contributed by atoms with van der Waals surface area (Å²) in [6, 6.07) is 10.7. The van der Waals surface area contributed by atoms with Crippen molar-refractivity contribution in [2.45, 2.75) is 105 Å². The molecule has 1 aromatic carbocycles. The predicted molar refractivity (Wildman–Crippen MR) is 163 cm³/mol. The zero-order valence-electron chi connectivity index (χ0n) is 26.2. The van der Waals surface area contributed by atoms with Crippen molar-refractivity contribution in [3.05, 3.63) is 70.7 Å². The molecule has 5 aliphatic rings. The van der Waals surface area contributed by atoms with Crippen LogP contribution in [0.5, 0.6) is 0 Å². The first-order valence-corrected chi connectivity index (χ1v) is 15.8. The van der Waals surface area contributed by atoms with Gasteiger partial charge in [0.05, 0.1) is 6.57 Å². The maximum atomic E-state index is 14.7. The van der Waals surface area contributed by atoms with E-state index in [0.717, 1.165) is 45.1 Å². The van der Waals surface area contributed by atoms with Crippen LogP contribution >= 0.6 is 0 Å². The first-order chi connectivity index (χ1) is 19.1. The Balaban J connectivity index is 1.46. The van der Waals surface area contributed by atoms with Gasteiger partial charge in [-0.15, -0.1) is 0 Å². The molecule has 1 N–H and O–H groups in total. The van der Waals surface area contributed by atoms with Crippen molar-refractivity contribution < 1.29 is 9.59 Å². The molecular weight excluding hydrogens is 504 g/mol. The van der Waals surface area contributed by atoms with Gasteiger partial charge >= 0.3 is 0 Å². The number of rotatable bonds is 3. The third-order valence-electron chi connectivity index (χ3n) is 13.3. The summed E-state index contributed by atoms with van der Waals surface area (Å²) in [5, 5.41) is 4.08. The second-order valence-electron chi connectivity index (χ2n) is 16.2. The molecule has 5 aliphatic carbocycles. The number of nitrogens with zero attached hydrogens (tertiary/aromatic N) is 1. The molecule has 7 atom stereocenters. The van der Waals surface area contributed by atoms with Gasteiger partial charge in [0, 0.05) is 28.8 Å². The first-order valence-electron chi connectivity index (χ1n) is 15.8. The molecule has 0 aliphatic heterocycles. The van der Waals surface area contributed by atoms with Crippen LogP contribution in [-0.2, 0) is 16.1 Å². The van der Waals surface area contributed by atoms with Gasteiger partial charge in [0.15, 0.2) is 11.6 Å². The van der Waals surface area contributed by atoms with Gasteiger partial charge < -0.3 is 10.1 Å². The molecule has 0 heterocycles. The van der Waals surface area contributed by atoms with E-state index in [4.69, 9.17) is 6.57 Å². The Hall–Kier alpha value is -2.51. The number of allylic oxidation sites excluding steroid dienone is 4. The van der Waals surface area contributed by atoms with E-state index in [9.17, 15) is 9.59 Å². The van der Waals surface area contributed by atoms with Gasteiger partial charge in [0.2, 0.25) is 5.70 Å². The summed E-state index contributed by atoms with van der Waals surface area (Å²) in [5.41, 5.74) is 1.47. The molecule has 0 bridgehead atoms. The Morgan fingerprint density at radius 1 is 0.927 bits per heavy atom. The maximum Gasteiger partial charge on any atom is 0.226 e. The number of hydrogen-bond donors (Lipinski definition) is 1. The maximum absolute atomic E-state index is 14.7. The summed E-state index contributed by atoms with van der Waals surface area (Å²) >= 11 is 0. The van der Waals surface area contributed by atoms with Crippen molar-refractivity contribution >= 4 is 11.6 Å². The monoisotopic (exact) mass is 552 g/mol. The van der Waals surface area contributed by atoms with Crippen LogP contribution in [0.4, 0.5) is 0 Å². The molecule has 4 nitrogen and oxygen atoms in total. The third-order valence-corrected chi connectivity index (χ3v) is 13.3. The molecule has 0 amide bonds. The van der Waals surface area contributed by atoms with Crippen molar-refractivity contribution in [2.24, 2.45) is 44.8 Å². The van der Waals surface area contributed by atoms with Crippen molar-refractivity contribution in [2.75, 3.05) is 0 Å². The summed E-state index contributed by atoms with van der Waals surface area (Å²) < 4.78 is 0. The number of carbonyl (C=O) groups excluding carboxylic acids is 2. The first kappa shape index (κ1) is 28.6. The Morgan fingerprint density at radius 3 is 2.29 bits per heavy atom. The van der Waals surface area contributed by atoms with Crippen molar-refractivity contribution in [3.63, 3.8) is 0 Å². The molecule has 1 aromatic rings. The number of nitrogens with one attached hydrogen (secondary N) is 1. The summed E-state index contributed by atoms with van der Waals surface area (Å²) in [7, 11) is 0. The molecule has 0 saturated heterocycles. The predicted octanol–water partition coefficient (Wildman–Crippen LogP) is 8.10. The molecule has 0 radical (unpaired) electrons. The molecule has 6 rings (SSSR count). The second kappa shape index (κ2) is 9.00. The number of hydrogen-bond acceptors (Lipinski definition) is 3. The van der Waals surface area contributed by atoms with Crippen LogP contribution in [-0.4, -0.2) is 17.1 Å². The highest BCUT2D eigenvalue weighted by molar-refractivity contribution is 6.03. The van der Waals surface area contributed by atoms with Crippen molar-refractivity contribution in [1.29, 1.82) is 0 Å². The van der Waals surface area contributed by atoms with E-state index in [1.54, 1.807) is 0 Å². The highest BCUT2D eigenvalue weighted by Crippen LogP contribution is 2.73. The fraction of sp³-hybridized carbons (Fsp3) is 0.649. The lowest BCUT2D eigenvalue weighted by atomic mass is 9.35. The van der Waals surface area contributed by atoms with Crippen LogP contribution in [0.15, 0.2) is 53.8 Å². The Bertz CT molecular complexity index is 1400. The number of carbonyl (C=O) groups is 2. The summed E-state index contributed by atoms with van der Waals surface area (Å²) in [6.07, 6.45) is 11.3. The van der Waals surface area contributed by atoms with Gasteiger partial charge in [-0.05, 0) is 84.7 Å². The van der Waals surface area contributed by atoms with E-state index in [1.807, 2.05) is 26.0 Å². The molecule has 41 heavy (non-hydrogen) atoms. The van der Waals surface area contributed by atoms with E-state index in [2.05, 4.69) is 75.1 Å². The lowest BCUT2D eigenvalue weighted by Gasteiger charge is -2.69. The second-order valence-corrected chi connectivity index (χ2v) is 16.2. The SMILES string of the molecule is [C-]#[N+]C1=C[C@]2(C)C3=CC(=O)C4C5CC(C)(C)CC[C@]5(NCc5ccccc5)CC[C@@]4(C)[C@]3(C)CC[C@H]2C(C)(C)C1=O. The minimum atomic E-state index is -0.622. The Kier molecular flexibility index (Phi) is 6.28. The van der Waals surface area contributed by atoms with Crippen LogP contribution < -0.4 is 5.32 Å². The van der Waals surface area contributed by atoms with Gasteiger partial charge in [-0.1, -0.05) is 90.4 Å². The minimum absolute atomic E-state index is 0.0319. The standard InChI is InChI=1S/C37H48N2O2/c1-32(2)16-18-37(39-23-24-12-10-9-11-13-24)19-17-36(7)30(25(37)21-32)27(40)20-29-34(5)22-26(38-8)31(41)33(3,4)28(34)14-15-35(29,36)6/h9-13,20,22,25,28,30,39H,14-19,21,23H2,1-7H3/t25?,28-,30?,34-,35+,36+,37-/m0/s1. The van der Waals surface area contributed by atoms with Crippen molar-refractivity contribution in [3.8, 4) is 0 Å². The van der Waals surface area contributed by atoms with E-state index in [-0.39, 0.29) is 56.8 Å². The summed E-state index contributed by atoms with van der Waals surface area (Å²) in [6.45, 7) is 24.5. The molecule has 0 spiro atoms. The quantitative estimate of drug-likeness (QED) is 0.386. The zero-order chi connectivity index (χ0) is 29.6. The zero-order valence-corrected chi connectivity index (χ0v) is 26.2. The molecule has 218 valence electrons. The fourth-order valence-corrected chi connectivity index (χ4v) is 10.8. The smallest absolute Gasteiger partial charge is 0.226 e. The molecule has 3 fully saturated rings. The summed E-state index contributed by atoms with van der Waals surface area (Å²) in [5.74, 6) is 0.573. The van der Waals surface area contributed by atoms with Crippen LogP contribution in [0.2, 0.25) is 0 Å². The largest absolute Gasteiger partial charge is 0.307 e. The third kappa shape index (κ3) is 3.87. The van der Waals surface area contributed by atoms with Crippen LogP contribution in [0, 0.1) is 51.4 Å². The molecule has 2 unspecified atom stereocenters. The average molecular weight is 553 g/mol. The average Bonchev–Trinajstić information content (AvgIpc) is 2.92. The van der Waals surface area contributed by atoms with Crippen LogP contribution in [0.25, 0.3) is 4.85 Å². The van der Waals surface area contributed by atoms with Gasteiger partial charge in [0.1, 0.15) is 0 Å². The lowest BCUT2D eigenvalue weighted by molar-refractivity contribution is -0.161. The van der Waals surface area contributed by atoms with Crippen LogP contribution in [0.3, 0.4) is 0 Å². The number of Topliss-reactive ketones (excluding diaryl/α,β-unsaturated/α-hetero) is 1. The van der Waals surface area contributed by atoms with Crippen LogP contribution in [0.1, 0.15) is 99.0 Å².